The van der Waals surface area contributed by atoms with Gasteiger partial charge in [0.25, 0.3) is 0 Å². The van der Waals surface area contributed by atoms with Crippen molar-refractivity contribution in [2.24, 2.45) is 5.92 Å². The van der Waals surface area contributed by atoms with Gasteiger partial charge in [0.05, 0.1) is 0 Å². The molecule has 0 N–H and O–H groups in total. The minimum atomic E-state index is -3.37. The SMILES string of the molecule is [2H]C1([2H])CC(C)Cc2cc(F)c(OC(F)F)c(F)c21. The Morgan fingerprint density at radius 1 is 1.47 bits per heavy atom. The molecule has 1 aliphatic carbocycles. The van der Waals surface area contributed by atoms with Crippen molar-refractivity contribution in [3.8, 4) is 5.75 Å². The second-order valence-corrected chi connectivity index (χ2v) is 4.10. The molecular weight excluding hydrogens is 236 g/mol. The number of alkyl halides is 2. The molecule has 1 aromatic carbocycles. The van der Waals surface area contributed by atoms with Crippen molar-refractivity contribution in [3.63, 3.8) is 0 Å². The lowest BCUT2D eigenvalue weighted by molar-refractivity contribution is -0.0548. The highest BCUT2D eigenvalue weighted by Crippen LogP contribution is 2.34. The van der Waals surface area contributed by atoms with E-state index in [9.17, 15) is 17.6 Å². The van der Waals surface area contributed by atoms with Crippen LogP contribution < -0.4 is 4.74 Å². The summed E-state index contributed by atoms with van der Waals surface area (Å²) in [4.78, 5) is 0. The van der Waals surface area contributed by atoms with Crippen molar-refractivity contribution < 1.29 is 25.0 Å². The van der Waals surface area contributed by atoms with Gasteiger partial charge in [0.2, 0.25) is 0 Å². The fraction of sp³-hybridized carbons (Fsp3) is 0.500. The molecule has 0 amide bonds. The number of ether oxygens (including phenoxy) is 1. The lowest BCUT2D eigenvalue weighted by atomic mass is 9.84. The predicted octanol–water partition coefficient (Wildman–Crippen LogP) is 3.69. The fourth-order valence-corrected chi connectivity index (χ4v) is 1.92. The summed E-state index contributed by atoms with van der Waals surface area (Å²) in [5, 5.41) is 0. The molecule has 1 atom stereocenters. The smallest absolute Gasteiger partial charge is 0.387 e. The topological polar surface area (TPSA) is 9.23 Å². The largest absolute Gasteiger partial charge is 0.429 e. The monoisotopic (exact) mass is 250 g/mol. The van der Waals surface area contributed by atoms with Gasteiger partial charge >= 0.3 is 6.61 Å². The van der Waals surface area contributed by atoms with E-state index in [0.717, 1.165) is 6.07 Å². The minimum absolute atomic E-state index is 0.0523. The van der Waals surface area contributed by atoms with Crippen LogP contribution in [-0.2, 0) is 12.8 Å². The number of hydrogen-bond acceptors (Lipinski definition) is 1. The van der Waals surface area contributed by atoms with E-state index in [0.29, 0.717) is 6.42 Å². The Bertz CT molecular complexity index is 505. The first-order valence-corrected chi connectivity index (χ1v) is 5.18. The number of fused-ring (bicyclic) bond motifs is 1. The average molecular weight is 250 g/mol. The van der Waals surface area contributed by atoms with Crippen LogP contribution in [-0.4, -0.2) is 6.61 Å². The molecule has 94 valence electrons. The average Bonchev–Trinajstić information content (AvgIpc) is 2.20. The number of benzene rings is 1. The van der Waals surface area contributed by atoms with E-state index in [-0.39, 0.29) is 23.5 Å². The molecule has 0 saturated carbocycles. The van der Waals surface area contributed by atoms with Crippen LogP contribution in [0.15, 0.2) is 6.07 Å². The minimum Gasteiger partial charge on any atom is -0.429 e. The van der Waals surface area contributed by atoms with Crippen LogP contribution in [0.2, 0.25) is 0 Å². The van der Waals surface area contributed by atoms with E-state index in [1.165, 1.54) is 0 Å². The summed E-state index contributed by atoms with van der Waals surface area (Å²) in [6.07, 6.45) is -1.67. The molecule has 1 aromatic rings. The van der Waals surface area contributed by atoms with E-state index >= 15 is 0 Å². The van der Waals surface area contributed by atoms with Gasteiger partial charge in [-0.1, -0.05) is 6.92 Å². The standard InChI is InChI=1S/C12H12F4O/c1-6-2-3-8-7(4-6)5-9(13)11(10(8)14)17-12(15)16/h5-6,12H,2-4H2,1H3/i3D2. The van der Waals surface area contributed by atoms with Gasteiger partial charge < -0.3 is 4.74 Å². The fourth-order valence-electron chi connectivity index (χ4n) is 1.92. The molecule has 2 rings (SSSR count). The van der Waals surface area contributed by atoms with Crippen LogP contribution >= 0.6 is 0 Å². The zero-order valence-corrected chi connectivity index (χ0v) is 9.07. The zero-order chi connectivity index (χ0) is 14.4. The second kappa shape index (κ2) is 4.55. The van der Waals surface area contributed by atoms with Crippen LogP contribution in [0.1, 0.15) is 27.2 Å². The first kappa shape index (κ1) is 9.74. The van der Waals surface area contributed by atoms with Gasteiger partial charge in [-0.15, -0.1) is 0 Å². The van der Waals surface area contributed by atoms with Crippen molar-refractivity contribution in [3.05, 3.63) is 28.8 Å². The van der Waals surface area contributed by atoms with Gasteiger partial charge in [-0.3, -0.25) is 0 Å². The van der Waals surface area contributed by atoms with E-state index < -0.39 is 30.4 Å². The maximum Gasteiger partial charge on any atom is 0.387 e. The first-order chi connectivity index (χ1) is 8.72. The molecule has 0 heterocycles. The Hall–Kier alpha value is -1.26. The summed E-state index contributed by atoms with van der Waals surface area (Å²) in [7, 11) is 0. The van der Waals surface area contributed by atoms with Gasteiger partial charge in [-0.25, -0.2) is 8.78 Å². The molecule has 1 unspecified atom stereocenters. The van der Waals surface area contributed by atoms with Gasteiger partial charge in [0, 0.05) is 2.74 Å². The van der Waals surface area contributed by atoms with Crippen molar-refractivity contribution in [2.75, 3.05) is 0 Å². The summed E-state index contributed by atoms with van der Waals surface area (Å²) in [6.45, 7) is -1.60. The van der Waals surface area contributed by atoms with Crippen molar-refractivity contribution >= 4 is 0 Å². The highest BCUT2D eigenvalue weighted by Gasteiger charge is 2.25. The summed E-state index contributed by atoms with van der Waals surface area (Å²) in [6, 6.07) is 0.879. The highest BCUT2D eigenvalue weighted by molar-refractivity contribution is 5.40. The number of halogens is 4. The highest BCUT2D eigenvalue weighted by atomic mass is 19.3. The van der Waals surface area contributed by atoms with E-state index in [1.54, 1.807) is 6.92 Å². The van der Waals surface area contributed by atoms with Crippen molar-refractivity contribution in [1.29, 1.82) is 0 Å². The summed E-state index contributed by atoms with van der Waals surface area (Å²) in [5.74, 6) is -3.90. The Kier molecular flexibility index (Phi) is 2.60. The third-order valence-electron chi connectivity index (χ3n) is 2.66. The van der Waals surface area contributed by atoms with Crippen LogP contribution in [0.3, 0.4) is 0 Å². The lowest BCUT2D eigenvalue weighted by Crippen LogP contribution is -2.16. The molecule has 0 radical (unpaired) electrons. The predicted molar refractivity (Wildman–Crippen MR) is 54.2 cm³/mol. The zero-order valence-electron chi connectivity index (χ0n) is 11.1. The maximum absolute atomic E-state index is 14.1. The molecule has 0 aliphatic heterocycles. The quantitative estimate of drug-likeness (QED) is 0.727. The molecule has 5 heteroatoms. The van der Waals surface area contributed by atoms with Crippen molar-refractivity contribution in [1.82, 2.24) is 0 Å². The summed E-state index contributed by atoms with van der Waals surface area (Å²) >= 11 is 0. The van der Waals surface area contributed by atoms with E-state index in [1.807, 2.05) is 0 Å². The van der Waals surface area contributed by atoms with Crippen LogP contribution in [0.4, 0.5) is 17.6 Å². The van der Waals surface area contributed by atoms with Crippen molar-refractivity contribution in [2.45, 2.75) is 32.7 Å². The third-order valence-corrected chi connectivity index (χ3v) is 2.66. The Labute approximate surface area is 99.2 Å². The normalized spacial score (nSPS) is 24.0. The van der Waals surface area contributed by atoms with Crippen LogP contribution in [0.25, 0.3) is 0 Å². The van der Waals surface area contributed by atoms with E-state index in [4.69, 9.17) is 2.74 Å². The number of rotatable bonds is 2. The van der Waals surface area contributed by atoms with Gasteiger partial charge in [0.15, 0.2) is 17.4 Å². The first-order valence-electron chi connectivity index (χ1n) is 6.18. The Morgan fingerprint density at radius 3 is 2.82 bits per heavy atom. The lowest BCUT2D eigenvalue weighted by Gasteiger charge is -2.23. The third kappa shape index (κ3) is 2.37. The summed E-state index contributed by atoms with van der Waals surface area (Å²) < 4.78 is 71.2. The second-order valence-electron chi connectivity index (χ2n) is 4.10. The van der Waals surface area contributed by atoms with E-state index in [2.05, 4.69) is 4.74 Å². The molecule has 17 heavy (non-hydrogen) atoms. The van der Waals surface area contributed by atoms with Gasteiger partial charge in [-0.2, -0.15) is 8.78 Å². The molecular formula is C12H12F4O. The van der Waals surface area contributed by atoms with Gasteiger partial charge in [-0.05, 0) is 42.3 Å². The van der Waals surface area contributed by atoms with Crippen LogP contribution in [0, 0.1) is 17.6 Å². The van der Waals surface area contributed by atoms with Crippen LogP contribution in [0.5, 0.6) is 5.75 Å². The molecule has 1 aliphatic rings. The van der Waals surface area contributed by atoms with Gasteiger partial charge in [0.1, 0.15) is 0 Å². The Balaban J connectivity index is 2.60. The molecule has 1 nitrogen and oxygen atoms in total. The summed E-state index contributed by atoms with van der Waals surface area (Å²) in [5.41, 5.74) is -0.206. The molecule has 0 bridgehead atoms. The molecule has 0 spiro atoms. The maximum atomic E-state index is 14.1. The Morgan fingerprint density at radius 2 is 2.18 bits per heavy atom. The molecule has 0 saturated heterocycles. The number of hydrogen-bond donors (Lipinski definition) is 0. The molecule has 0 fully saturated rings. The molecule has 0 aromatic heterocycles.